The first-order chi connectivity index (χ1) is 27.3. The molecule has 2 bridgehead atoms. The van der Waals surface area contributed by atoms with Gasteiger partial charge in [-0.2, -0.15) is 5.26 Å². The Bertz CT molecular complexity index is 1570. The highest BCUT2D eigenvalue weighted by Crippen LogP contribution is 2.39. The summed E-state index contributed by atoms with van der Waals surface area (Å²) in [6.45, 7) is 10.3. The smallest absolute Gasteiger partial charge is 0.308 e. The maximum atomic E-state index is 13.1. The molecule has 16 heteroatoms. The van der Waals surface area contributed by atoms with Crippen LogP contribution >= 0.6 is 0 Å². The summed E-state index contributed by atoms with van der Waals surface area (Å²) in [4.78, 5) is 39.2. The highest BCUT2D eigenvalue weighted by Gasteiger charge is 2.52. The summed E-state index contributed by atoms with van der Waals surface area (Å²) in [5.74, 6) is -2.43. The predicted octanol–water partition coefficient (Wildman–Crippen LogP) is 2.48. The number of nitrogens with zero attached hydrogens (tertiary/aromatic N) is 2. The van der Waals surface area contributed by atoms with Crippen molar-refractivity contribution in [3.05, 3.63) is 34.9 Å². The van der Waals surface area contributed by atoms with Crippen LogP contribution in [0.5, 0.6) is 0 Å². The van der Waals surface area contributed by atoms with E-state index in [1.54, 1.807) is 71.8 Å². The van der Waals surface area contributed by atoms with Crippen molar-refractivity contribution in [1.82, 2.24) is 4.90 Å². The second kappa shape index (κ2) is 20.9. The summed E-state index contributed by atoms with van der Waals surface area (Å²) >= 11 is 0. The molecule has 5 rings (SSSR count). The third kappa shape index (κ3) is 11.6. The average Bonchev–Trinajstić information content (AvgIpc) is 3.13. The number of benzene rings is 1. The molecule has 0 saturated carbocycles. The molecule has 2 fully saturated rings. The maximum Gasteiger partial charge on any atom is 0.308 e. The van der Waals surface area contributed by atoms with E-state index in [1.165, 1.54) is 7.11 Å². The van der Waals surface area contributed by atoms with Crippen LogP contribution in [0.2, 0.25) is 0 Å². The van der Waals surface area contributed by atoms with Gasteiger partial charge in [-0.15, -0.1) is 0 Å². The van der Waals surface area contributed by atoms with Gasteiger partial charge in [0.2, 0.25) is 0 Å². The molecule has 58 heavy (non-hydrogen) atoms. The number of aliphatic hydroxyl groups is 4. The third-order valence-electron chi connectivity index (χ3n) is 11.5. The first-order valence-corrected chi connectivity index (χ1v) is 20.3. The van der Waals surface area contributed by atoms with Crippen molar-refractivity contribution in [3.63, 3.8) is 0 Å². The second-order valence-electron chi connectivity index (χ2n) is 16.7. The number of aliphatic hydroxyl groups excluding tert-OH is 3. The van der Waals surface area contributed by atoms with Gasteiger partial charge in [-0.1, -0.05) is 26.0 Å². The Morgan fingerprint density at radius 1 is 1.05 bits per heavy atom. The molecule has 0 unspecified atom stereocenters. The molecule has 4 N–H and O–H groups in total. The monoisotopic (exact) mass is 820 g/mol. The van der Waals surface area contributed by atoms with E-state index >= 15 is 0 Å². The van der Waals surface area contributed by atoms with E-state index in [0.717, 1.165) is 0 Å². The number of carbonyl (C=O) groups is 3. The number of nitriles is 1. The van der Waals surface area contributed by atoms with E-state index in [0.29, 0.717) is 23.8 Å². The summed E-state index contributed by atoms with van der Waals surface area (Å²) in [6, 6.07) is 6.39. The SMILES string of the molecule is CCCC(=O)O[C@H]1[C@H](C)O[C@@H](O[C@H]2[C@H](N(C)C)[C@@H](O)[C@H](O[C@@H]3[C@@H](OC)[C@H](O)CC(=O)O[C@H](C)Cc4ccc(c(C#N)c4)[C@H](O)[C@H](CC=O)C[C@@H]3C)O[C@@H]2C)C[C@@]1(C)O. The number of esters is 2. The Morgan fingerprint density at radius 3 is 2.36 bits per heavy atom. The van der Waals surface area contributed by atoms with Crippen molar-refractivity contribution in [3.8, 4) is 6.07 Å². The molecule has 0 amide bonds. The number of fused-ring (bicyclic) bond motifs is 13. The number of carbonyl (C=O) groups excluding carboxylic acids is 3. The molecule has 326 valence electrons. The van der Waals surface area contributed by atoms with Crippen molar-refractivity contribution in [2.24, 2.45) is 11.8 Å². The second-order valence-corrected chi connectivity index (χ2v) is 16.7. The van der Waals surface area contributed by atoms with Crippen molar-refractivity contribution in [1.29, 1.82) is 5.26 Å². The fourth-order valence-corrected chi connectivity index (χ4v) is 8.67. The van der Waals surface area contributed by atoms with Crippen LogP contribution in [0.3, 0.4) is 0 Å². The molecule has 0 radical (unpaired) electrons. The maximum absolute atomic E-state index is 13.1. The first-order valence-electron chi connectivity index (χ1n) is 20.3. The van der Waals surface area contributed by atoms with Crippen LogP contribution in [-0.2, 0) is 54.0 Å². The average molecular weight is 821 g/mol. The number of methoxy groups -OCH3 is 1. The quantitative estimate of drug-likeness (QED) is 0.186. The highest BCUT2D eigenvalue weighted by atomic mass is 16.7. The zero-order valence-electron chi connectivity index (χ0n) is 35.2. The fraction of sp³-hybridized carbons (Fsp3) is 0.762. The van der Waals surface area contributed by atoms with Crippen LogP contribution in [0.15, 0.2) is 18.2 Å². The molecule has 0 spiro atoms. The topological polar surface area (TPSA) is 224 Å². The first kappa shape index (κ1) is 47.6. The molecule has 16 atom stereocenters. The Balaban J connectivity index is 1.63. The standard InChI is InChI=1S/C42H64N2O14/c1-10-11-31(47)56-40-25(5)54-33(20-42(40,6)51)57-38-24(4)55-41(36(50)34(38)44(7)8)58-37-22(2)16-27(14-15-45)35(49)29-13-12-26(18-28(29)21-43)17-23(3)53-32(48)19-30(46)39(37)52-9/h12-13,15,18,22-25,27,30,33-41,46,49-51H,10-11,14,16-17,19-20H2,1-9H3/t22-,23+,24+,25-,27+,30+,33-,34+,35+,36+,37-,38+,39-,40-,41-,42+/m0/s1. The van der Waals surface area contributed by atoms with Gasteiger partial charge in [0.1, 0.15) is 36.3 Å². The molecule has 4 aliphatic rings. The summed E-state index contributed by atoms with van der Waals surface area (Å²) in [5.41, 5.74) is -0.214. The van der Waals surface area contributed by atoms with E-state index in [9.17, 15) is 40.1 Å². The van der Waals surface area contributed by atoms with Crippen molar-refractivity contribution >= 4 is 18.2 Å². The number of likely N-dealkylation sites (N-methyl/N-ethyl adjacent to an activating group) is 1. The van der Waals surface area contributed by atoms with Gasteiger partial charge < -0.3 is 63.3 Å². The lowest BCUT2D eigenvalue weighted by Gasteiger charge is -2.50. The number of ether oxygens (including phenoxy) is 7. The Hall–Kier alpha value is -3.08. The number of hydrogen-bond acceptors (Lipinski definition) is 16. The lowest BCUT2D eigenvalue weighted by atomic mass is 9.80. The van der Waals surface area contributed by atoms with E-state index in [4.69, 9.17) is 33.2 Å². The van der Waals surface area contributed by atoms with Gasteiger partial charge in [0.25, 0.3) is 0 Å². The molecule has 4 aliphatic heterocycles. The lowest BCUT2D eigenvalue weighted by Crippen LogP contribution is -2.65. The number of aldehydes is 1. The third-order valence-corrected chi connectivity index (χ3v) is 11.5. The van der Waals surface area contributed by atoms with Gasteiger partial charge in [-0.3, -0.25) is 9.59 Å². The molecule has 2 saturated heterocycles. The zero-order valence-corrected chi connectivity index (χ0v) is 35.2. The molecule has 1 aromatic carbocycles. The van der Waals surface area contributed by atoms with E-state index < -0.39 is 115 Å². The van der Waals surface area contributed by atoms with Crippen molar-refractivity contribution < 1.29 is 68.0 Å². The van der Waals surface area contributed by atoms with Gasteiger partial charge in [0, 0.05) is 32.8 Å². The molecule has 1 aromatic rings. The van der Waals surface area contributed by atoms with E-state index in [2.05, 4.69) is 6.07 Å². The minimum absolute atomic E-state index is 0.0389. The minimum Gasteiger partial charge on any atom is -0.462 e. The zero-order chi connectivity index (χ0) is 43.1. The van der Waals surface area contributed by atoms with E-state index in [-0.39, 0.29) is 37.7 Å². The minimum atomic E-state index is -1.49. The largest absolute Gasteiger partial charge is 0.462 e. The van der Waals surface area contributed by atoms with Gasteiger partial charge in [-0.05, 0) is 83.7 Å². The molecule has 0 aliphatic carbocycles. The van der Waals surface area contributed by atoms with Crippen molar-refractivity contribution in [2.45, 2.75) is 172 Å². The van der Waals surface area contributed by atoms with Gasteiger partial charge in [0.05, 0.1) is 54.6 Å². The van der Waals surface area contributed by atoms with Crippen LogP contribution in [0.4, 0.5) is 0 Å². The Morgan fingerprint density at radius 2 is 1.76 bits per heavy atom. The number of rotatable bonds is 11. The van der Waals surface area contributed by atoms with Crippen LogP contribution in [0.25, 0.3) is 0 Å². The van der Waals surface area contributed by atoms with Crippen LogP contribution in [0, 0.1) is 23.2 Å². The summed E-state index contributed by atoms with van der Waals surface area (Å²) < 4.78 is 42.5. The summed E-state index contributed by atoms with van der Waals surface area (Å²) in [6.07, 6.45) is -11.1. The van der Waals surface area contributed by atoms with Crippen LogP contribution < -0.4 is 0 Å². The lowest BCUT2D eigenvalue weighted by molar-refractivity contribution is -0.344. The van der Waals surface area contributed by atoms with Crippen molar-refractivity contribution in [2.75, 3.05) is 21.2 Å². The molecular weight excluding hydrogens is 756 g/mol. The van der Waals surface area contributed by atoms with Gasteiger partial charge in [0.15, 0.2) is 18.7 Å². The summed E-state index contributed by atoms with van der Waals surface area (Å²) in [5, 5.41) is 56.6. The van der Waals surface area contributed by atoms with E-state index in [1.807, 2.05) is 6.92 Å². The predicted molar refractivity (Wildman–Crippen MR) is 207 cm³/mol. The van der Waals surface area contributed by atoms with Gasteiger partial charge in [-0.25, -0.2) is 0 Å². The normalized spacial score (nSPS) is 39.1. The van der Waals surface area contributed by atoms with Gasteiger partial charge >= 0.3 is 11.9 Å². The Labute approximate surface area is 341 Å². The molecular formula is C42H64N2O14. The highest BCUT2D eigenvalue weighted by molar-refractivity contribution is 5.70. The van der Waals surface area contributed by atoms with Crippen LogP contribution in [-0.4, -0.2) is 144 Å². The van der Waals surface area contributed by atoms with Crippen LogP contribution in [0.1, 0.15) is 103 Å². The molecule has 16 nitrogen and oxygen atoms in total. The Kier molecular flexibility index (Phi) is 17.2. The molecule has 4 heterocycles. The fourth-order valence-electron chi connectivity index (χ4n) is 8.67. The molecule has 0 aromatic heterocycles. The summed E-state index contributed by atoms with van der Waals surface area (Å²) in [7, 11) is 4.85. The number of hydrogen-bond donors (Lipinski definition) is 4.